The normalized spacial score (nSPS) is 13.4. The van der Waals surface area contributed by atoms with Gasteiger partial charge in [0.2, 0.25) is 5.91 Å². The summed E-state index contributed by atoms with van der Waals surface area (Å²) in [5.41, 5.74) is 1.81. The lowest BCUT2D eigenvalue weighted by molar-refractivity contribution is -0.118. The van der Waals surface area contributed by atoms with Gasteiger partial charge in [0.25, 0.3) is 5.91 Å². The monoisotopic (exact) mass is 378 g/mol. The number of para-hydroxylation sites is 1. The van der Waals surface area contributed by atoms with Gasteiger partial charge < -0.3 is 19.4 Å². The fourth-order valence-electron chi connectivity index (χ4n) is 3.37. The van der Waals surface area contributed by atoms with Crippen LogP contribution in [0.3, 0.4) is 0 Å². The maximum absolute atomic E-state index is 12.7. The van der Waals surface area contributed by atoms with Gasteiger partial charge >= 0.3 is 5.63 Å². The van der Waals surface area contributed by atoms with Gasteiger partial charge in [-0.3, -0.25) is 9.59 Å². The topological polar surface area (TPSA) is 88.9 Å². The molecule has 1 aliphatic heterocycles. The highest BCUT2D eigenvalue weighted by atomic mass is 16.5. The smallest absolute Gasteiger partial charge is 0.349 e. The van der Waals surface area contributed by atoms with Gasteiger partial charge in [-0.05, 0) is 42.3 Å². The number of rotatable bonds is 3. The first-order valence-electron chi connectivity index (χ1n) is 8.79. The number of aryl methyl sites for hydroxylation is 1. The van der Waals surface area contributed by atoms with Crippen LogP contribution in [0.25, 0.3) is 11.0 Å². The Hall–Kier alpha value is -3.61. The first kappa shape index (κ1) is 17.8. The van der Waals surface area contributed by atoms with Crippen molar-refractivity contribution in [2.45, 2.75) is 12.8 Å². The molecule has 0 saturated carbocycles. The Kier molecular flexibility index (Phi) is 4.35. The van der Waals surface area contributed by atoms with E-state index < -0.39 is 11.5 Å². The van der Waals surface area contributed by atoms with E-state index in [1.807, 2.05) is 6.07 Å². The van der Waals surface area contributed by atoms with Crippen LogP contribution in [-0.4, -0.2) is 26.0 Å². The highest BCUT2D eigenvalue weighted by molar-refractivity contribution is 6.06. The van der Waals surface area contributed by atoms with Crippen molar-refractivity contribution in [1.29, 1.82) is 0 Å². The Balaban J connectivity index is 1.65. The zero-order valence-corrected chi connectivity index (χ0v) is 15.4. The summed E-state index contributed by atoms with van der Waals surface area (Å²) in [6.45, 7) is 0. The molecule has 0 atom stereocenters. The Labute approximate surface area is 160 Å². The maximum atomic E-state index is 12.7. The van der Waals surface area contributed by atoms with E-state index >= 15 is 0 Å². The fraction of sp³-hybridized carbons (Fsp3) is 0.190. The second-order valence-corrected chi connectivity index (χ2v) is 6.58. The predicted octanol–water partition coefficient (Wildman–Crippen LogP) is 2.96. The summed E-state index contributed by atoms with van der Waals surface area (Å²) in [4.78, 5) is 38.4. The molecule has 1 N–H and O–H groups in total. The average molecular weight is 378 g/mol. The number of benzene rings is 2. The van der Waals surface area contributed by atoms with Crippen LogP contribution in [-0.2, 0) is 11.2 Å². The number of nitrogens with one attached hydrogen (secondary N) is 1. The van der Waals surface area contributed by atoms with Crippen LogP contribution in [0.2, 0.25) is 0 Å². The molecule has 28 heavy (non-hydrogen) atoms. The van der Waals surface area contributed by atoms with Crippen molar-refractivity contribution in [3.8, 4) is 5.75 Å². The van der Waals surface area contributed by atoms with Crippen molar-refractivity contribution in [3.05, 3.63) is 64.0 Å². The number of nitrogens with zero attached hydrogens (tertiary/aromatic N) is 1. The predicted molar refractivity (Wildman–Crippen MR) is 105 cm³/mol. The minimum absolute atomic E-state index is 0.0634. The van der Waals surface area contributed by atoms with Gasteiger partial charge in [0.15, 0.2) is 11.3 Å². The second kappa shape index (κ2) is 6.84. The third-order valence-corrected chi connectivity index (χ3v) is 4.87. The minimum Gasteiger partial charge on any atom is -0.493 e. The van der Waals surface area contributed by atoms with Crippen LogP contribution in [0.1, 0.15) is 22.3 Å². The number of carbonyl (C=O) groups excluding carboxylic acids is 2. The molecule has 0 unspecified atom stereocenters. The van der Waals surface area contributed by atoms with E-state index in [0.29, 0.717) is 35.2 Å². The maximum Gasteiger partial charge on any atom is 0.349 e. The van der Waals surface area contributed by atoms with Gasteiger partial charge in [0.05, 0.1) is 7.11 Å². The van der Waals surface area contributed by atoms with Crippen LogP contribution >= 0.6 is 0 Å². The molecule has 7 nitrogen and oxygen atoms in total. The van der Waals surface area contributed by atoms with Gasteiger partial charge in [-0.25, -0.2) is 4.79 Å². The van der Waals surface area contributed by atoms with Crippen LogP contribution in [0.5, 0.6) is 5.75 Å². The number of hydrogen-bond donors (Lipinski definition) is 1. The number of amides is 2. The molecule has 0 spiro atoms. The molecule has 0 saturated heterocycles. The standard InChI is InChI=1S/C21H18N2O5/c1-23-16-8-7-14(10-12(16)6-9-18(23)24)22-20(25)15-11-13-4-3-5-17(27-2)19(13)28-21(15)26/h3-5,7-8,10-11H,6,9H2,1-2H3,(H,22,25). The SMILES string of the molecule is COc1cccc2cc(C(=O)Nc3ccc4c(c3)CCC(=O)N4C)c(=O)oc12. The van der Waals surface area contributed by atoms with Crippen LogP contribution in [0.15, 0.2) is 51.7 Å². The molecular formula is C21H18N2O5. The largest absolute Gasteiger partial charge is 0.493 e. The third kappa shape index (κ3) is 3.00. The third-order valence-electron chi connectivity index (χ3n) is 4.87. The number of hydrogen-bond acceptors (Lipinski definition) is 5. The quantitative estimate of drug-likeness (QED) is 0.708. The molecule has 3 aromatic rings. The van der Waals surface area contributed by atoms with E-state index in [4.69, 9.17) is 9.15 Å². The molecule has 2 amide bonds. The van der Waals surface area contributed by atoms with E-state index in [1.54, 1.807) is 42.3 Å². The summed E-state index contributed by atoms with van der Waals surface area (Å²) in [5, 5.41) is 3.33. The van der Waals surface area contributed by atoms with Gasteiger partial charge in [0, 0.05) is 30.2 Å². The Morgan fingerprint density at radius 2 is 1.96 bits per heavy atom. The fourth-order valence-corrected chi connectivity index (χ4v) is 3.37. The molecule has 0 fully saturated rings. The summed E-state index contributed by atoms with van der Waals surface area (Å²) in [7, 11) is 3.21. The lowest BCUT2D eigenvalue weighted by Gasteiger charge is -2.26. The van der Waals surface area contributed by atoms with E-state index in [2.05, 4.69) is 5.32 Å². The van der Waals surface area contributed by atoms with E-state index in [0.717, 1.165) is 11.3 Å². The molecule has 4 rings (SSSR count). The van der Waals surface area contributed by atoms with Crippen LogP contribution in [0, 0.1) is 0 Å². The lowest BCUT2D eigenvalue weighted by Crippen LogP contribution is -2.31. The molecule has 142 valence electrons. The summed E-state index contributed by atoms with van der Waals surface area (Å²) in [6, 6.07) is 12.0. The summed E-state index contributed by atoms with van der Waals surface area (Å²) >= 11 is 0. The van der Waals surface area contributed by atoms with Crippen molar-refractivity contribution >= 4 is 34.2 Å². The molecule has 0 aliphatic carbocycles. The molecule has 7 heteroatoms. The average Bonchev–Trinajstić information content (AvgIpc) is 2.70. The highest BCUT2D eigenvalue weighted by Gasteiger charge is 2.22. The summed E-state index contributed by atoms with van der Waals surface area (Å²) in [6.07, 6.45) is 1.04. The van der Waals surface area contributed by atoms with Crippen LogP contribution in [0.4, 0.5) is 11.4 Å². The molecular weight excluding hydrogens is 360 g/mol. The molecule has 1 aromatic heterocycles. The molecule has 2 heterocycles. The van der Waals surface area contributed by atoms with E-state index in [-0.39, 0.29) is 11.5 Å². The number of methoxy groups -OCH3 is 1. The second-order valence-electron chi connectivity index (χ2n) is 6.58. The number of ether oxygens (including phenoxy) is 1. The van der Waals surface area contributed by atoms with Gasteiger partial charge in [-0.2, -0.15) is 0 Å². The van der Waals surface area contributed by atoms with Gasteiger partial charge in [-0.15, -0.1) is 0 Å². The van der Waals surface area contributed by atoms with Gasteiger partial charge in [0.1, 0.15) is 5.56 Å². The summed E-state index contributed by atoms with van der Waals surface area (Å²) in [5.74, 6) is -0.0675. The lowest BCUT2D eigenvalue weighted by atomic mass is 10.0. The molecule has 0 radical (unpaired) electrons. The Bertz CT molecular complexity index is 1170. The highest BCUT2D eigenvalue weighted by Crippen LogP contribution is 2.29. The van der Waals surface area contributed by atoms with Crippen LogP contribution < -0.4 is 20.6 Å². The van der Waals surface area contributed by atoms with Crippen molar-refractivity contribution in [3.63, 3.8) is 0 Å². The van der Waals surface area contributed by atoms with Crippen molar-refractivity contribution in [2.24, 2.45) is 0 Å². The molecule has 1 aliphatic rings. The Morgan fingerprint density at radius 3 is 2.75 bits per heavy atom. The summed E-state index contributed by atoms with van der Waals surface area (Å²) < 4.78 is 10.5. The number of carbonyl (C=O) groups is 2. The van der Waals surface area contributed by atoms with Gasteiger partial charge in [-0.1, -0.05) is 12.1 Å². The minimum atomic E-state index is -0.738. The van der Waals surface area contributed by atoms with E-state index in [9.17, 15) is 14.4 Å². The van der Waals surface area contributed by atoms with Crippen molar-refractivity contribution in [1.82, 2.24) is 0 Å². The first-order chi connectivity index (χ1) is 13.5. The molecule has 2 aromatic carbocycles. The molecule has 0 bridgehead atoms. The first-order valence-corrected chi connectivity index (χ1v) is 8.79. The van der Waals surface area contributed by atoms with Crippen molar-refractivity contribution < 1.29 is 18.7 Å². The number of anilines is 2. The van der Waals surface area contributed by atoms with Crippen molar-refractivity contribution in [2.75, 3.05) is 24.4 Å². The van der Waals surface area contributed by atoms with E-state index in [1.165, 1.54) is 13.2 Å². The zero-order chi connectivity index (χ0) is 19.8. The Morgan fingerprint density at radius 1 is 1.14 bits per heavy atom. The zero-order valence-electron chi connectivity index (χ0n) is 15.4. The number of fused-ring (bicyclic) bond motifs is 2.